The van der Waals surface area contributed by atoms with Crippen LogP contribution in [-0.2, 0) is 25.7 Å². The van der Waals surface area contributed by atoms with Crippen molar-refractivity contribution in [1.29, 1.82) is 0 Å². The molecule has 0 saturated carbocycles. The highest BCUT2D eigenvalue weighted by Crippen LogP contribution is 2.27. The Hall–Kier alpha value is -3.40. The van der Waals surface area contributed by atoms with Crippen molar-refractivity contribution in [3.05, 3.63) is 108 Å². The van der Waals surface area contributed by atoms with E-state index < -0.39 is 24.0 Å². The number of ether oxygens (including phenoxy) is 2. The second-order valence-corrected chi connectivity index (χ2v) is 7.45. The van der Waals surface area contributed by atoms with E-state index in [1.54, 1.807) is 0 Å². The van der Waals surface area contributed by atoms with E-state index in [4.69, 9.17) is 9.47 Å². The summed E-state index contributed by atoms with van der Waals surface area (Å²) in [6.07, 6.45) is -0.976. The third-order valence-corrected chi connectivity index (χ3v) is 4.81. The average molecular weight is 402 g/mol. The van der Waals surface area contributed by atoms with E-state index in [1.807, 2.05) is 105 Å². The molecule has 0 aromatic heterocycles. The summed E-state index contributed by atoms with van der Waals surface area (Å²) in [5.41, 5.74) is 2.51. The molecule has 0 radical (unpaired) electrons. The molecule has 0 aliphatic carbocycles. The lowest BCUT2D eigenvalue weighted by molar-refractivity contribution is -0.172. The van der Waals surface area contributed by atoms with Gasteiger partial charge in [0.1, 0.15) is 12.5 Å². The standard InChI is InChI=1S/C26H26O4/c1-19(2)24(26(28)29-18-20-12-6-3-7-13-20)30-25(27)23(21-14-8-4-9-15-21)22-16-10-5-11-17-22/h3-17,19,23-24H,18H2,1-2H3/t24-/m0/s1. The second-order valence-electron chi connectivity index (χ2n) is 7.45. The Labute approximate surface area is 177 Å². The first-order valence-electron chi connectivity index (χ1n) is 10.1. The number of hydrogen-bond acceptors (Lipinski definition) is 4. The molecule has 0 heterocycles. The van der Waals surface area contributed by atoms with Crippen LogP contribution >= 0.6 is 0 Å². The van der Waals surface area contributed by atoms with Crippen LogP contribution in [-0.4, -0.2) is 18.0 Å². The fourth-order valence-electron chi connectivity index (χ4n) is 3.22. The lowest BCUT2D eigenvalue weighted by atomic mass is 9.91. The third-order valence-electron chi connectivity index (χ3n) is 4.81. The van der Waals surface area contributed by atoms with Gasteiger partial charge in [0.15, 0.2) is 0 Å². The highest BCUT2D eigenvalue weighted by atomic mass is 16.6. The summed E-state index contributed by atoms with van der Waals surface area (Å²) in [4.78, 5) is 25.9. The maximum Gasteiger partial charge on any atom is 0.348 e. The molecule has 0 aliphatic heterocycles. The van der Waals surface area contributed by atoms with Crippen LogP contribution in [0.25, 0.3) is 0 Å². The van der Waals surface area contributed by atoms with Gasteiger partial charge in [0.2, 0.25) is 6.10 Å². The normalized spacial score (nSPS) is 11.9. The van der Waals surface area contributed by atoms with Gasteiger partial charge in [-0.05, 0) is 16.7 Å². The predicted octanol–water partition coefficient (Wildman–Crippen LogP) is 5.13. The molecule has 30 heavy (non-hydrogen) atoms. The summed E-state index contributed by atoms with van der Waals surface area (Å²) in [6.45, 7) is 3.81. The van der Waals surface area contributed by atoms with Gasteiger partial charge in [-0.1, -0.05) is 105 Å². The second kappa shape index (κ2) is 10.4. The summed E-state index contributed by atoms with van der Waals surface area (Å²) in [5.74, 6) is -1.84. The van der Waals surface area contributed by atoms with Crippen molar-refractivity contribution >= 4 is 11.9 Å². The van der Waals surface area contributed by atoms with Crippen LogP contribution in [0.5, 0.6) is 0 Å². The van der Waals surface area contributed by atoms with Gasteiger partial charge >= 0.3 is 11.9 Å². The van der Waals surface area contributed by atoms with E-state index in [2.05, 4.69) is 0 Å². The zero-order valence-electron chi connectivity index (χ0n) is 17.2. The van der Waals surface area contributed by atoms with E-state index >= 15 is 0 Å². The zero-order valence-corrected chi connectivity index (χ0v) is 17.2. The first-order chi connectivity index (χ1) is 14.6. The number of benzene rings is 3. The Morgan fingerprint density at radius 3 is 1.63 bits per heavy atom. The molecule has 0 aliphatic rings. The van der Waals surface area contributed by atoms with Crippen molar-refractivity contribution in [2.45, 2.75) is 32.5 Å². The van der Waals surface area contributed by atoms with Gasteiger partial charge in [0.05, 0.1) is 0 Å². The molecule has 3 rings (SSSR count). The highest BCUT2D eigenvalue weighted by molar-refractivity contribution is 5.85. The van der Waals surface area contributed by atoms with Crippen LogP contribution in [0.3, 0.4) is 0 Å². The fraction of sp³-hybridized carbons (Fsp3) is 0.231. The van der Waals surface area contributed by atoms with Crippen molar-refractivity contribution < 1.29 is 19.1 Å². The third kappa shape index (κ3) is 5.57. The van der Waals surface area contributed by atoms with E-state index in [0.29, 0.717) is 0 Å². The molecule has 0 fully saturated rings. The largest absolute Gasteiger partial charge is 0.458 e. The minimum atomic E-state index is -0.976. The van der Waals surface area contributed by atoms with Gasteiger partial charge in [-0.2, -0.15) is 0 Å². The minimum absolute atomic E-state index is 0.140. The van der Waals surface area contributed by atoms with Crippen LogP contribution in [0.1, 0.15) is 36.5 Å². The van der Waals surface area contributed by atoms with Gasteiger partial charge in [-0.25, -0.2) is 4.79 Å². The topological polar surface area (TPSA) is 52.6 Å². The molecular weight excluding hydrogens is 376 g/mol. The molecule has 0 bridgehead atoms. The molecule has 0 saturated heterocycles. The lowest BCUT2D eigenvalue weighted by Gasteiger charge is -2.24. The molecule has 0 amide bonds. The molecule has 0 unspecified atom stereocenters. The van der Waals surface area contributed by atoms with E-state index in [0.717, 1.165) is 16.7 Å². The van der Waals surface area contributed by atoms with E-state index in [-0.39, 0.29) is 12.5 Å². The monoisotopic (exact) mass is 402 g/mol. The van der Waals surface area contributed by atoms with Gasteiger partial charge in [-0.3, -0.25) is 4.79 Å². The summed E-state index contributed by atoms with van der Waals surface area (Å²) < 4.78 is 11.1. The summed E-state index contributed by atoms with van der Waals surface area (Å²) in [5, 5.41) is 0. The SMILES string of the molecule is CC(C)[C@H](OC(=O)C(c1ccccc1)c1ccccc1)C(=O)OCc1ccccc1. The van der Waals surface area contributed by atoms with Gasteiger partial charge < -0.3 is 9.47 Å². The molecule has 0 spiro atoms. The Morgan fingerprint density at radius 2 is 1.17 bits per heavy atom. The van der Waals surface area contributed by atoms with Crippen molar-refractivity contribution in [3.63, 3.8) is 0 Å². The fourth-order valence-corrected chi connectivity index (χ4v) is 3.22. The number of hydrogen-bond donors (Lipinski definition) is 0. The van der Waals surface area contributed by atoms with E-state index in [1.165, 1.54) is 0 Å². The van der Waals surface area contributed by atoms with Crippen molar-refractivity contribution in [3.8, 4) is 0 Å². The maximum atomic E-state index is 13.2. The first kappa shape index (κ1) is 21.3. The summed E-state index contributed by atoms with van der Waals surface area (Å²) in [6, 6.07) is 28.3. The molecule has 4 nitrogen and oxygen atoms in total. The van der Waals surface area contributed by atoms with Gasteiger partial charge in [-0.15, -0.1) is 0 Å². The number of carbonyl (C=O) groups excluding carboxylic acids is 2. The smallest absolute Gasteiger partial charge is 0.348 e. The van der Waals surface area contributed by atoms with Gasteiger partial charge in [0, 0.05) is 5.92 Å². The van der Waals surface area contributed by atoms with Gasteiger partial charge in [0.25, 0.3) is 0 Å². The average Bonchev–Trinajstić information content (AvgIpc) is 2.78. The van der Waals surface area contributed by atoms with Crippen LogP contribution in [0.15, 0.2) is 91.0 Å². The van der Waals surface area contributed by atoms with Crippen LogP contribution in [0, 0.1) is 5.92 Å². The van der Waals surface area contributed by atoms with Crippen LogP contribution < -0.4 is 0 Å². The van der Waals surface area contributed by atoms with Crippen molar-refractivity contribution in [1.82, 2.24) is 0 Å². The number of carbonyl (C=O) groups is 2. The minimum Gasteiger partial charge on any atom is -0.458 e. The molecule has 154 valence electrons. The molecule has 3 aromatic rings. The summed E-state index contributed by atoms with van der Waals surface area (Å²) in [7, 11) is 0. The highest BCUT2D eigenvalue weighted by Gasteiger charge is 2.32. The Kier molecular flexibility index (Phi) is 7.39. The quantitative estimate of drug-likeness (QED) is 0.490. The van der Waals surface area contributed by atoms with Crippen molar-refractivity contribution in [2.24, 2.45) is 5.92 Å². The predicted molar refractivity (Wildman–Crippen MR) is 116 cm³/mol. The molecular formula is C26H26O4. The van der Waals surface area contributed by atoms with Crippen LogP contribution in [0.2, 0.25) is 0 Å². The Balaban J connectivity index is 1.77. The lowest BCUT2D eigenvalue weighted by Crippen LogP contribution is -2.35. The molecule has 4 heteroatoms. The Bertz CT molecular complexity index is 897. The molecule has 1 atom stereocenters. The number of esters is 2. The zero-order chi connectivity index (χ0) is 21.3. The Morgan fingerprint density at radius 1 is 0.700 bits per heavy atom. The summed E-state index contributed by atoms with van der Waals surface area (Å²) >= 11 is 0. The number of rotatable bonds is 8. The van der Waals surface area contributed by atoms with E-state index in [9.17, 15) is 9.59 Å². The maximum absolute atomic E-state index is 13.2. The van der Waals surface area contributed by atoms with Crippen LogP contribution in [0.4, 0.5) is 0 Å². The van der Waals surface area contributed by atoms with Crippen molar-refractivity contribution in [2.75, 3.05) is 0 Å². The first-order valence-corrected chi connectivity index (χ1v) is 10.1. The molecule has 0 N–H and O–H groups in total. The molecule has 3 aromatic carbocycles.